The lowest BCUT2D eigenvalue weighted by atomic mass is 10.3. The summed E-state index contributed by atoms with van der Waals surface area (Å²) in [6, 6.07) is 0. The van der Waals surface area contributed by atoms with Gasteiger partial charge >= 0.3 is 0 Å². The van der Waals surface area contributed by atoms with Crippen molar-refractivity contribution in [1.29, 1.82) is 0 Å². The van der Waals surface area contributed by atoms with E-state index in [0.717, 1.165) is 6.92 Å². The van der Waals surface area contributed by atoms with Crippen LogP contribution >= 0.6 is 0 Å². The molecule has 1 heterocycles. The zero-order chi connectivity index (χ0) is 11.6. The van der Waals surface area contributed by atoms with Crippen molar-refractivity contribution in [2.75, 3.05) is 0 Å². The highest BCUT2D eigenvalue weighted by atomic mass is 19.3. The van der Waals surface area contributed by atoms with Crippen molar-refractivity contribution in [3.05, 3.63) is 17.8 Å². The predicted molar refractivity (Wildman–Crippen MR) is 53.2 cm³/mol. The van der Waals surface area contributed by atoms with Gasteiger partial charge in [-0.3, -0.25) is 0 Å². The van der Waals surface area contributed by atoms with E-state index in [4.69, 9.17) is 5.73 Å². The fraction of sp³-hybridized carbons (Fsp3) is 0.556. The number of hydrogen-bond donors (Lipinski definition) is 1. The van der Waals surface area contributed by atoms with Crippen molar-refractivity contribution >= 4 is 5.57 Å². The molecule has 0 unspecified atom stereocenters. The van der Waals surface area contributed by atoms with E-state index in [1.165, 1.54) is 10.9 Å². The smallest absolute Gasteiger partial charge is 0.264 e. The molecule has 0 atom stereocenters. The molecule has 2 N–H and O–H groups in total. The van der Waals surface area contributed by atoms with E-state index in [2.05, 4.69) is 10.1 Å². The summed E-state index contributed by atoms with van der Waals surface area (Å²) in [4.78, 5) is 4.04. The number of nitrogens with zero attached hydrogens (tertiary/aromatic N) is 3. The van der Waals surface area contributed by atoms with Crippen molar-refractivity contribution in [1.82, 2.24) is 14.8 Å². The highest BCUT2D eigenvalue weighted by molar-refractivity contribution is 5.56. The first-order valence-corrected chi connectivity index (χ1v) is 4.51. The molecule has 0 saturated heterocycles. The molecule has 0 spiro atoms. The fourth-order valence-electron chi connectivity index (χ4n) is 1.19. The van der Waals surface area contributed by atoms with Crippen LogP contribution in [-0.2, 0) is 6.54 Å². The van der Waals surface area contributed by atoms with E-state index in [1.54, 1.807) is 13.8 Å². The van der Waals surface area contributed by atoms with Crippen molar-refractivity contribution in [3.63, 3.8) is 0 Å². The number of aryl methyl sites for hydroxylation is 1. The van der Waals surface area contributed by atoms with Gasteiger partial charge in [0.2, 0.25) is 0 Å². The SMILES string of the molecule is C/C(=C\N)c1nc(C)nn1CC(C)(F)F. The molecular formula is C9H14F2N4. The summed E-state index contributed by atoms with van der Waals surface area (Å²) in [5.41, 5.74) is 5.94. The third-order valence-electron chi connectivity index (χ3n) is 1.81. The van der Waals surface area contributed by atoms with Gasteiger partial charge in [0, 0.05) is 18.7 Å². The summed E-state index contributed by atoms with van der Waals surface area (Å²) in [5.74, 6) is -1.98. The molecule has 0 bridgehead atoms. The standard InChI is InChI=1S/C9H14F2N4/c1-6(4-12)8-13-7(2)14-15(8)5-9(3,10)11/h4H,5,12H2,1-3H3/b6-4+. The average molecular weight is 216 g/mol. The molecular weight excluding hydrogens is 202 g/mol. The van der Waals surface area contributed by atoms with E-state index in [1.807, 2.05) is 0 Å². The zero-order valence-corrected chi connectivity index (χ0v) is 8.96. The van der Waals surface area contributed by atoms with Crippen LogP contribution < -0.4 is 5.73 Å². The third-order valence-corrected chi connectivity index (χ3v) is 1.81. The minimum Gasteiger partial charge on any atom is -0.404 e. The van der Waals surface area contributed by atoms with Crippen LogP contribution in [0.5, 0.6) is 0 Å². The normalized spacial score (nSPS) is 13.3. The quantitative estimate of drug-likeness (QED) is 0.834. The Morgan fingerprint density at radius 3 is 2.67 bits per heavy atom. The van der Waals surface area contributed by atoms with Gasteiger partial charge in [-0.2, -0.15) is 5.10 Å². The molecule has 0 saturated carbocycles. The summed E-state index contributed by atoms with van der Waals surface area (Å²) in [6.45, 7) is 3.70. The first kappa shape index (κ1) is 11.6. The summed E-state index contributed by atoms with van der Waals surface area (Å²) in [5, 5.41) is 3.89. The molecule has 0 aromatic carbocycles. The number of allylic oxidation sites excluding steroid dienone is 1. The Morgan fingerprint density at radius 1 is 1.60 bits per heavy atom. The van der Waals surface area contributed by atoms with E-state index in [0.29, 0.717) is 17.2 Å². The second-order valence-electron chi connectivity index (χ2n) is 3.56. The third kappa shape index (κ3) is 3.00. The number of alkyl halides is 2. The molecule has 0 aliphatic heterocycles. The van der Waals surface area contributed by atoms with Crippen LogP contribution in [0.4, 0.5) is 8.78 Å². The molecule has 4 nitrogen and oxygen atoms in total. The highest BCUT2D eigenvalue weighted by Crippen LogP contribution is 2.18. The van der Waals surface area contributed by atoms with Crippen LogP contribution in [0.15, 0.2) is 6.20 Å². The zero-order valence-electron chi connectivity index (χ0n) is 8.96. The Bertz CT molecular complexity index is 376. The van der Waals surface area contributed by atoms with Gasteiger partial charge in [-0.1, -0.05) is 0 Å². The number of aromatic nitrogens is 3. The summed E-state index contributed by atoms with van der Waals surface area (Å²) in [7, 11) is 0. The van der Waals surface area contributed by atoms with Gasteiger partial charge in [-0.15, -0.1) is 0 Å². The molecule has 1 rings (SSSR count). The van der Waals surface area contributed by atoms with Gasteiger partial charge in [0.05, 0.1) is 0 Å². The Balaban J connectivity index is 3.07. The second kappa shape index (κ2) is 3.96. The highest BCUT2D eigenvalue weighted by Gasteiger charge is 2.24. The van der Waals surface area contributed by atoms with Gasteiger partial charge < -0.3 is 5.73 Å². The lowest BCUT2D eigenvalue weighted by Gasteiger charge is -2.11. The average Bonchev–Trinajstić information content (AvgIpc) is 2.42. The van der Waals surface area contributed by atoms with Crippen LogP contribution in [0.3, 0.4) is 0 Å². The van der Waals surface area contributed by atoms with Crippen molar-refractivity contribution < 1.29 is 8.78 Å². The molecule has 0 aliphatic rings. The maximum absolute atomic E-state index is 12.8. The molecule has 0 fully saturated rings. The largest absolute Gasteiger partial charge is 0.404 e. The number of halogens is 2. The van der Waals surface area contributed by atoms with E-state index < -0.39 is 12.5 Å². The molecule has 0 amide bonds. The molecule has 1 aromatic rings. The maximum Gasteiger partial charge on any atom is 0.264 e. The minimum absolute atomic E-state index is 0.386. The number of hydrogen-bond acceptors (Lipinski definition) is 3. The number of rotatable bonds is 3. The van der Waals surface area contributed by atoms with Crippen LogP contribution in [0.1, 0.15) is 25.5 Å². The van der Waals surface area contributed by atoms with Gasteiger partial charge in [-0.25, -0.2) is 18.4 Å². The Morgan fingerprint density at radius 2 is 2.20 bits per heavy atom. The molecule has 0 aliphatic carbocycles. The summed E-state index contributed by atoms with van der Waals surface area (Å²) in [6.07, 6.45) is 1.33. The minimum atomic E-state index is -2.82. The second-order valence-corrected chi connectivity index (χ2v) is 3.56. The predicted octanol–water partition coefficient (Wildman–Crippen LogP) is 1.56. The topological polar surface area (TPSA) is 56.7 Å². The van der Waals surface area contributed by atoms with E-state index >= 15 is 0 Å². The van der Waals surface area contributed by atoms with Crippen LogP contribution in [0.2, 0.25) is 0 Å². The Hall–Kier alpha value is -1.46. The van der Waals surface area contributed by atoms with Gasteiger partial charge in [0.25, 0.3) is 5.92 Å². The van der Waals surface area contributed by atoms with Crippen molar-refractivity contribution in [3.8, 4) is 0 Å². The molecule has 6 heteroatoms. The van der Waals surface area contributed by atoms with Crippen molar-refractivity contribution in [2.24, 2.45) is 5.73 Å². The fourth-order valence-corrected chi connectivity index (χ4v) is 1.19. The van der Waals surface area contributed by atoms with E-state index in [-0.39, 0.29) is 0 Å². The van der Waals surface area contributed by atoms with Gasteiger partial charge in [0.1, 0.15) is 12.4 Å². The number of nitrogens with two attached hydrogens (primary N) is 1. The summed E-state index contributed by atoms with van der Waals surface area (Å²) < 4.78 is 26.8. The first-order valence-electron chi connectivity index (χ1n) is 4.51. The molecule has 0 radical (unpaired) electrons. The lowest BCUT2D eigenvalue weighted by Crippen LogP contribution is -2.21. The van der Waals surface area contributed by atoms with Crippen molar-refractivity contribution in [2.45, 2.75) is 33.2 Å². The van der Waals surface area contributed by atoms with Gasteiger partial charge in [-0.05, 0) is 13.8 Å². The Kier molecular flexibility index (Phi) is 3.06. The summed E-state index contributed by atoms with van der Waals surface area (Å²) >= 11 is 0. The van der Waals surface area contributed by atoms with Crippen LogP contribution in [0, 0.1) is 6.92 Å². The molecule has 1 aromatic heterocycles. The molecule has 84 valence electrons. The maximum atomic E-state index is 12.8. The van der Waals surface area contributed by atoms with Gasteiger partial charge in [0.15, 0.2) is 5.82 Å². The van der Waals surface area contributed by atoms with Crippen LogP contribution in [0.25, 0.3) is 5.57 Å². The first-order chi connectivity index (χ1) is 6.83. The lowest BCUT2D eigenvalue weighted by molar-refractivity contribution is 0.000195. The Labute approximate surface area is 86.8 Å². The molecule has 15 heavy (non-hydrogen) atoms. The monoisotopic (exact) mass is 216 g/mol. The van der Waals surface area contributed by atoms with E-state index in [9.17, 15) is 8.78 Å². The van der Waals surface area contributed by atoms with Crippen LogP contribution in [-0.4, -0.2) is 20.7 Å².